The van der Waals surface area contributed by atoms with E-state index in [9.17, 15) is 4.79 Å². The maximum Gasteiger partial charge on any atom is 0.240 e. The third kappa shape index (κ3) is 4.74. The summed E-state index contributed by atoms with van der Waals surface area (Å²) in [6, 6.07) is 8.30. The minimum atomic E-state index is -0.579. The number of aryl methyl sites for hydroxylation is 1. The van der Waals surface area contributed by atoms with Gasteiger partial charge in [0.2, 0.25) is 5.91 Å². The third-order valence-electron chi connectivity index (χ3n) is 3.78. The van der Waals surface area contributed by atoms with Crippen LogP contribution in [0.4, 0.5) is 0 Å². The van der Waals surface area contributed by atoms with Crippen LogP contribution in [0, 0.1) is 0 Å². The number of hydrogen-bond acceptors (Lipinski definition) is 3. The highest BCUT2D eigenvalue weighted by Crippen LogP contribution is 2.32. The van der Waals surface area contributed by atoms with Crippen molar-refractivity contribution in [1.82, 2.24) is 5.32 Å². The highest BCUT2D eigenvalue weighted by molar-refractivity contribution is 5.89. The van der Waals surface area contributed by atoms with E-state index in [1.807, 2.05) is 32.9 Å². The quantitative estimate of drug-likeness (QED) is 0.810. The van der Waals surface area contributed by atoms with Gasteiger partial charge in [-0.25, -0.2) is 0 Å². The number of hydrogen-bond donors (Lipinski definition) is 2. The zero-order valence-corrected chi connectivity index (χ0v) is 13.2. The number of benzene rings is 1. The lowest BCUT2D eigenvalue weighted by atomic mass is 10.1. The molecular formula is C17H26N2O2. The third-order valence-corrected chi connectivity index (χ3v) is 3.78. The molecule has 1 amide bonds. The molecule has 1 aromatic rings. The van der Waals surface area contributed by atoms with Gasteiger partial charge in [0.05, 0.1) is 11.6 Å². The van der Waals surface area contributed by atoms with Crippen LogP contribution in [0.1, 0.15) is 45.6 Å². The van der Waals surface area contributed by atoms with Gasteiger partial charge in [-0.3, -0.25) is 4.79 Å². The highest BCUT2D eigenvalue weighted by atomic mass is 16.5. The van der Waals surface area contributed by atoms with E-state index in [0.717, 1.165) is 31.4 Å². The van der Waals surface area contributed by atoms with Crippen LogP contribution in [-0.4, -0.2) is 23.6 Å². The second kappa shape index (κ2) is 6.48. The molecule has 0 saturated heterocycles. The Morgan fingerprint density at radius 2 is 1.90 bits per heavy atom. The summed E-state index contributed by atoms with van der Waals surface area (Å²) in [7, 11) is 0. The molecule has 1 aliphatic rings. The Bertz CT molecular complexity index is 478. The van der Waals surface area contributed by atoms with Crippen molar-refractivity contribution in [2.75, 3.05) is 0 Å². The van der Waals surface area contributed by atoms with Crippen LogP contribution in [-0.2, 0) is 11.2 Å². The van der Waals surface area contributed by atoms with Crippen LogP contribution in [0.25, 0.3) is 0 Å². The van der Waals surface area contributed by atoms with Gasteiger partial charge in [0, 0.05) is 6.04 Å². The SMILES string of the molecule is CC(CCc1ccc(OC(C)C)cc1)NC(=O)C1(N)CC1. The van der Waals surface area contributed by atoms with E-state index in [2.05, 4.69) is 17.4 Å². The Morgan fingerprint density at radius 3 is 2.43 bits per heavy atom. The van der Waals surface area contributed by atoms with Gasteiger partial charge in [-0.15, -0.1) is 0 Å². The molecule has 0 spiro atoms. The molecule has 0 bridgehead atoms. The van der Waals surface area contributed by atoms with Crippen LogP contribution < -0.4 is 15.8 Å². The number of nitrogens with one attached hydrogen (secondary N) is 1. The lowest BCUT2D eigenvalue weighted by molar-refractivity contribution is -0.123. The largest absolute Gasteiger partial charge is 0.491 e. The summed E-state index contributed by atoms with van der Waals surface area (Å²) in [6.07, 6.45) is 3.65. The van der Waals surface area contributed by atoms with Crippen molar-refractivity contribution in [2.45, 2.75) is 64.1 Å². The van der Waals surface area contributed by atoms with E-state index in [4.69, 9.17) is 10.5 Å². The molecule has 116 valence electrons. The molecular weight excluding hydrogens is 264 g/mol. The van der Waals surface area contributed by atoms with Crippen molar-refractivity contribution >= 4 is 5.91 Å². The van der Waals surface area contributed by atoms with Crippen LogP contribution in [0.5, 0.6) is 5.75 Å². The monoisotopic (exact) mass is 290 g/mol. The number of carbonyl (C=O) groups excluding carboxylic acids is 1. The second-order valence-electron chi connectivity index (χ2n) is 6.38. The minimum Gasteiger partial charge on any atom is -0.491 e. The predicted octanol–water partition coefficient (Wildman–Crippen LogP) is 2.40. The van der Waals surface area contributed by atoms with Crippen molar-refractivity contribution in [3.8, 4) is 5.75 Å². The molecule has 1 saturated carbocycles. The number of amides is 1. The van der Waals surface area contributed by atoms with Crippen molar-refractivity contribution in [1.29, 1.82) is 0 Å². The summed E-state index contributed by atoms with van der Waals surface area (Å²) in [4.78, 5) is 11.8. The molecule has 21 heavy (non-hydrogen) atoms. The van der Waals surface area contributed by atoms with E-state index >= 15 is 0 Å². The Kier molecular flexibility index (Phi) is 4.88. The molecule has 0 heterocycles. The van der Waals surface area contributed by atoms with E-state index in [1.54, 1.807) is 0 Å². The number of rotatable bonds is 7. The summed E-state index contributed by atoms with van der Waals surface area (Å²) in [5.41, 5.74) is 6.55. The van der Waals surface area contributed by atoms with Crippen LogP contribution in [0.2, 0.25) is 0 Å². The van der Waals surface area contributed by atoms with Gasteiger partial charge < -0.3 is 15.8 Å². The molecule has 4 heteroatoms. The van der Waals surface area contributed by atoms with Gasteiger partial charge in [0.15, 0.2) is 0 Å². The molecule has 0 aliphatic heterocycles. The molecule has 1 aliphatic carbocycles. The maximum absolute atomic E-state index is 11.8. The Morgan fingerprint density at radius 1 is 1.29 bits per heavy atom. The first-order chi connectivity index (χ1) is 9.89. The van der Waals surface area contributed by atoms with Gasteiger partial charge in [-0.05, 0) is 64.2 Å². The van der Waals surface area contributed by atoms with Gasteiger partial charge in [-0.1, -0.05) is 12.1 Å². The predicted molar refractivity (Wildman–Crippen MR) is 84.3 cm³/mol. The Hall–Kier alpha value is -1.55. The summed E-state index contributed by atoms with van der Waals surface area (Å²) in [6.45, 7) is 6.06. The average molecular weight is 290 g/mol. The zero-order valence-electron chi connectivity index (χ0n) is 13.2. The maximum atomic E-state index is 11.8. The van der Waals surface area contributed by atoms with E-state index in [1.165, 1.54) is 5.56 Å². The summed E-state index contributed by atoms with van der Waals surface area (Å²) >= 11 is 0. The zero-order chi connectivity index (χ0) is 15.5. The summed E-state index contributed by atoms with van der Waals surface area (Å²) < 4.78 is 5.62. The topological polar surface area (TPSA) is 64.3 Å². The highest BCUT2D eigenvalue weighted by Gasteiger charge is 2.46. The number of carbonyl (C=O) groups is 1. The van der Waals surface area contributed by atoms with Crippen molar-refractivity contribution in [2.24, 2.45) is 5.73 Å². The first-order valence-corrected chi connectivity index (χ1v) is 7.74. The fourth-order valence-electron chi connectivity index (χ4n) is 2.19. The molecule has 0 aromatic heterocycles. The lowest BCUT2D eigenvalue weighted by Gasteiger charge is -2.17. The van der Waals surface area contributed by atoms with Gasteiger partial charge >= 0.3 is 0 Å². The Labute approximate surface area is 127 Å². The molecule has 4 nitrogen and oxygen atoms in total. The van der Waals surface area contributed by atoms with Gasteiger partial charge in [-0.2, -0.15) is 0 Å². The smallest absolute Gasteiger partial charge is 0.240 e. The van der Waals surface area contributed by atoms with Crippen LogP contribution >= 0.6 is 0 Å². The normalized spacial score (nSPS) is 17.4. The molecule has 1 aromatic carbocycles. The van der Waals surface area contributed by atoms with Crippen LogP contribution in [0.3, 0.4) is 0 Å². The van der Waals surface area contributed by atoms with Crippen LogP contribution in [0.15, 0.2) is 24.3 Å². The summed E-state index contributed by atoms with van der Waals surface area (Å²) in [5, 5.41) is 3.00. The molecule has 2 rings (SSSR count). The fourth-order valence-corrected chi connectivity index (χ4v) is 2.19. The van der Waals surface area contributed by atoms with E-state index in [0.29, 0.717) is 0 Å². The van der Waals surface area contributed by atoms with Gasteiger partial charge in [0.1, 0.15) is 5.75 Å². The number of ether oxygens (including phenoxy) is 1. The van der Waals surface area contributed by atoms with E-state index in [-0.39, 0.29) is 18.1 Å². The lowest BCUT2D eigenvalue weighted by Crippen LogP contribution is -2.46. The van der Waals surface area contributed by atoms with Crippen molar-refractivity contribution < 1.29 is 9.53 Å². The van der Waals surface area contributed by atoms with Crippen molar-refractivity contribution in [3.63, 3.8) is 0 Å². The second-order valence-corrected chi connectivity index (χ2v) is 6.38. The molecule has 1 atom stereocenters. The minimum absolute atomic E-state index is 0.00400. The molecule has 1 fully saturated rings. The molecule has 0 radical (unpaired) electrons. The summed E-state index contributed by atoms with van der Waals surface area (Å²) in [5.74, 6) is 0.893. The first-order valence-electron chi connectivity index (χ1n) is 7.74. The average Bonchev–Trinajstić information content (AvgIpc) is 3.17. The fraction of sp³-hybridized carbons (Fsp3) is 0.588. The molecule has 3 N–H and O–H groups in total. The molecule has 1 unspecified atom stereocenters. The van der Waals surface area contributed by atoms with Gasteiger partial charge in [0.25, 0.3) is 0 Å². The van der Waals surface area contributed by atoms with E-state index < -0.39 is 5.54 Å². The number of nitrogens with two attached hydrogens (primary N) is 1. The first kappa shape index (κ1) is 15.8. The van der Waals surface area contributed by atoms with Crippen molar-refractivity contribution in [3.05, 3.63) is 29.8 Å². The standard InChI is InChI=1S/C17H26N2O2/c1-12(2)21-15-8-6-14(7-9-15)5-4-13(3)19-16(20)17(18)10-11-17/h6-9,12-13H,4-5,10-11,18H2,1-3H3,(H,19,20). The Balaban J connectivity index is 1.75.